The van der Waals surface area contributed by atoms with E-state index in [-0.39, 0.29) is 22.6 Å². The maximum atomic E-state index is 14.5. The summed E-state index contributed by atoms with van der Waals surface area (Å²) < 4.78 is 21.2. The van der Waals surface area contributed by atoms with E-state index in [4.69, 9.17) is 4.74 Å². The number of aromatic hydroxyl groups is 1. The van der Waals surface area contributed by atoms with Gasteiger partial charge in [0.1, 0.15) is 17.1 Å². The fourth-order valence-electron chi connectivity index (χ4n) is 3.46. The first-order valence-electron chi connectivity index (χ1n) is 9.55. The molecule has 2 amide bonds. The molecule has 0 unspecified atom stereocenters. The van der Waals surface area contributed by atoms with E-state index < -0.39 is 52.7 Å². The molecule has 4 rings (SSSR count). The molecule has 2 aromatic carbocycles. The highest BCUT2D eigenvalue weighted by Crippen LogP contribution is 2.32. The molecule has 168 valence electrons. The number of amides is 2. The molecule has 0 saturated heterocycles. The van der Waals surface area contributed by atoms with Crippen LogP contribution < -0.4 is 20.9 Å². The van der Waals surface area contributed by atoms with Crippen LogP contribution in [0.4, 0.5) is 10.1 Å². The van der Waals surface area contributed by atoms with Gasteiger partial charge in [0.25, 0.3) is 17.4 Å². The van der Waals surface area contributed by atoms with E-state index in [9.17, 15) is 33.5 Å². The lowest BCUT2D eigenvalue weighted by atomic mass is 10.1. The van der Waals surface area contributed by atoms with Crippen LogP contribution in [0.1, 0.15) is 31.1 Å². The Morgan fingerprint density at radius 2 is 1.58 bits per heavy atom. The molecule has 0 atom stereocenters. The van der Waals surface area contributed by atoms with Crippen molar-refractivity contribution in [1.29, 1.82) is 0 Å². The maximum absolute atomic E-state index is 14.5. The van der Waals surface area contributed by atoms with Gasteiger partial charge in [0.15, 0.2) is 6.61 Å². The fraction of sp³-hybridized carbons (Fsp3) is 0.136. The second-order valence-corrected chi connectivity index (χ2v) is 7.22. The van der Waals surface area contributed by atoms with Crippen LogP contribution in [0.2, 0.25) is 0 Å². The minimum absolute atomic E-state index is 0.0718. The quantitative estimate of drug-likeness (QED) is 0.451. The van der Waals surface area contributed by atoms with Gasteiger partial charge in [-0.15, -0.1) is 0 Å². The number of anilines is 1. The second kappa shape index (κ2) is 7.86. The lowest BCUT2D eigenvalue weighted by Crippen LogP contribution is -2.40. The van der Waals surface area contributed by atoms with Crippen molar-refractivity contribution in [1.82, 2.24) is 9.13 Å². The smallest absolute Gasteiger partial charge is 0.333 e. The molecule has 0 saturated carbocycles. The third kappa shape index (κ3) is 3.39. The molecule has 1 aliphatic heterocycles. The second-order valence-electron chi connectivity index (χ2n) is 7.22. The van der Waals surface area contributed by atoms with E-state index in [0.717, 1.165) is 23.7 Å². The molecule has 0 spiro atoms. The van der Waals surface area contributed by atoms with Gasteiger partial charge in [-0.2, -0.15) is 0 Å². The molecule has 11 heteroatoms. The molecule has 3 aromatic rings. The SMILES string of the molecule is Cn1c(O)c(C(=O)COc2ccc(F)c(N3C(=O)c4ccccc4C3=O)c2)c(=O)n(C)c1=O. The molecule has 0 aliphatic carbocycles. The van der Waals surface area contributed by atoms with Gasteiger partial charge >= 0.3 is 5.69 Å². The third-order valence-electron chi connectivity index (χ3n) is 5.24. The first-order valence-corrected chi connectivity index (χ1v) is 9.55. The molecule has 1 aromatic heterocycles. The summed E-state index contributed by atoms with van der Waals surface area (Å²) in [6, 6.07) is 9.26. The summed E-state index contributed by atoms with van der Waals surface area (Å²) >= 11 is 0. The van der Waals surface area contributed by atoms with Gasteiger partial charge in [-0.05, 0) is 24.3 Å². The number of benzene rings is 2. The minimum Gasteiger partial charge on any atom is -0.494 e. The zero-order chi connectivity index (χ0) is 24.0. The molecule has 1 aliphatic rings. The van der Waals surface area contributed by atoms with E-state index in [1.807, 2.05) is 0 Å². The normalized spacial score (nSPS) is 12.8. The number of hydrogen-bond acceptors (Lipinski definition) is 7. The van der Waals surface area contributed by atoms with Crippen LogP contribution in [0.25, 0.3) is 0 Å². The molecule has 2 heterocycles. The third-order valence-corrected chi connectivity index (χ3v) is 5.24. The summed E-state index contributed by atoms with van der Waals surface area (Å²) in [7, 11) is 2.33. The Hall–Kier alpha value is -4.54. The predicted molar refractivity (Wildman–Crippen MR) is 112 cm³/mol. The Balaban J connectivity index is 1.62. The topological polar surface area (TPSA) is 128 Å². The van der Waals surface area contributed by atoms with Gasteiger partial charge < -0.3 is 9.84 Å². The zero-order valence-corrected chi connectivity index (χ0v) is 17.4. The number of hydrogen-bond donors (Lipinski definition) is 1. The van der Waals surface area contributed by atoms with Crippen molar-refractivity contribution >= 4 is 23.3 Å². The lowest BCUT2D eigenvalue weighted by molar-refractivity contribution is 0.0905. The average Bonchev–Trinajstić information content (AvgIpc) is 3.06. The number of rotatable bonds is 5. The van der Waals surface area contributed by atoms with E-state index >= 15 is 0 Å². The van der Waals surface area contributed by atoms with Crippen LogP contribution in [0, 0.1) is 5.82 Å². The Labute approximate surface area is 184 Å². The number of imide groups is 1. The van der Waals surface area contributed by atoms with E-state index in [0.29, 0.717) is 9.47 Å². The summed E-state index contributed by atoms with van der Waals surface area (Å²) in [5, 5.41) is 10.1. The zero-order valence-electron chi connectivity index (χ0n) is 17.4. The highest BCUT2D eigenvalue weighted by molar-refractivity contribution is 6.34. The summed E-state index contributed by atoms with van der Waals surface area (Å²) in [5.74, 6) is -4.11. The summed E-state index contributed by atoms with van der Waals surface area (Å²) in [6.07, 6.45) is 0. The van der Waals surface area contributed by atoms with Gasteiger partial charge in [-0.3, -0.25) is 28.3 Å². The number of ether oxygens (including phenoxy) is 1. The lowest BCUT2D eigenvalue weighted by Gasteiger charge is -2.16. The Morgan fingerprint density at radius 3 is 2.18 bits per heavy atom. The molecular formula is C22H16FN3O7. The molecule has 33 heavy (non-hydrogen) atoms. The first-order chi connectivity index (χ1) is 15.6. The van der Waals surface area contributed by atoms with Crippen LogP contribution in [0.5, 0.6) is 11.6 Å². The number of nitrogens with zero attached hydrogens (tertiary/aromatic N) is 3. The highest BCUT2D eigenvalue weighted by atomic mass is 19.1. The van der Waals surface area contributed by atoms with Crippen LogP contribution in [-0.2, 0) is 14.1 Å². The van der Waals surface area contributed by atoms with E-state index in [1.165, 1.54) is 25.2 Å². The fourth-order valence-corrected chi connectivity index (χ4v) is 3.46. The van der Waals surface area contributed by atoms with Crippen molar-refractivity contribution < 1.29 is 28.6 Å². The van der Waals surface area contributed by atoms with Gasteiger partial charge in [0.05, 0.1) is 16.8 Å². The summed E-state index contributed by atoms with van der Waals surface area (Å²) in [5.41, 5.74) is -2.59. The minimum atomic E-state index is -1.00. The number of Topliss-reactive ketones (excluding diaryl/α,β-unsaturated/α-hetero) is 1. The Morgan fingerprint density at radius 1 is 0.970 bits per heavy atom. The monoisotopic (exact) mass is 453 g/mol. The number of carbonyl (C=O) groups is 3. The molecule has 0 radical (unpaired) electrons. The van der Waals surface area contributed by atoms with Crippen molar-refractivity contribution in [3.63, 3.8) is 0 Å². The van der Waals surface area contributed by atoms with Crippen molar-refractivity contribution in [3.05, 3.63) is 85.8 Å². The van der Waals surface area contributed by atoms with Crippen LogP contribution >= 0.6 is 0 Å². The average molecular weight is 453 g/mol. The van der Waals surface area contributed by atoms with Crippen molar-refractivity contribution in [2.24, 2.45) is 14.1 Å². The largest absolute Gasteiger partial charge is 0.494 e. The van der Waals surface area contributed by atoms with E-state index in [2.05, 4.69) is 0 Å². The summed E-state index contributed by atoms with van der Waals surface area (Å²) in [4.78, 5) is 62.6. The van der Waals surface area contributed by atoms with Crippen molar-refractivity contribution in [2.45, 2.75) is 0 Å². The molecule has 0 fully saturated rings. The highest BCUT2D eigenvalue weighted by Gasteiger charge is 2.37. The van der Waals surface area contributed by atoms with Crippen molar-refractivity contribution in [2.75, 3.05) is 11.5 Å². The van der Waals surface area contributed by atoms with Crippen LogP contribution in [0.3, 0.4) is 0 Å². The van der Waals surface area contributed by atoms with Gasteiger partial charge in [0, 0.05) is 20.2 Å². The molecule has 10 nitrogen and oxygen atoms in total. The number of ketones is 1. The van der Waals surface area contributed by atoms with Gasteiger partial charge in [-0.25, -0.2) is 14.1 Å². The van der Waals surface area contributed by atoms with Crippen LogP contribution in [0.15, 0.2) is 52.1 Å². The first kappa shape index (κ1) is 21.7. The predicted octanol–water partition coefficient (Wildman–Crippen LogP) is 0.991. The molecular weight excluding hydrogens is 437 g/mol. The number of halogens is 1. The summed E-state index contributed by atoms with van der Waals surface area (Å²) in [6.45, 7) is -0.742. The number of aromatic nitrogens is 2. The van der Waals surface area contributed by atoms with Gasteiger partial charge in [-0.1, -0.05) is 12.1 Å². The van der Waals surface area contributed by atoms with E-state index in [1.54, 1.807) is 12.1 Å². The Bertz CT molecular complexity index is 1440. The maximum Gasteiger partial charge on any atom is 0.333 e. The molecule has 1 N–H and O–H groups in total. The van der Waals surface area contributed by atoms with Crippen LogP contribution in [-0.4, -0.2) is 38.4 Å². The number of carbonyl (C=O) groups excluding carboxylic acids is 3. The van der Waals surface area contributed by atoms with Crippen molar-refractivity contribution in [3.8, 4) is 11.6 Å². The van der Waals surface area contributed by atoms with Gasteiger partial charge in [0.2, 0.25) is 11.7 Å². The Kier molecular flexibility index (Phi) is 5.16. The molecule has 0 bridgehead atoms. The number of fused-ring (bicyclic) bond motifs is 1. The standard InChI is InChI=1S/C22H16FN3O7/c1-24-20(30)17(21(31)25(2)22(24)32)16(27)10-33-11-7-8-14(23)15(9-11)26-18(28)12-5-3-4-6-13(12)19(26)29/h3-9,30H,10H2,1-2H3.